The lowest BCUT2D eigenvalue weighted by Crippen LogP contribution is -2.10. The Labute approximate surface area is 138 Å². The summed E-state index contributed by atoms with van der Waals surface area (Å²) in [6, 6.07) is 16.4. The fourth-order valence-corrected chi connectivity index (χ4v) is 2.67. The van der Waals surface area contributed by atoms with Gasteiger partial charge in [-0.25, -0.2) is 0 Å². The molecule has 1 N–H and O–H groups in total. The molecule has 0 aliphatic rings. The van der Waals surface area contributed by atoms with Gasteiger partial charge in [-0.15, -0.1) is 0 Å². The molecule has 5 heteroatoms. The van der Waals surface area contributed by atoms with E-state index in [0.29, 0.717) is 28.5 Å². The minimum atomic E-state index is -0.121. The summed E-state index contributed by atoms with van der Waals surface area (Å²) in [5.41, 5.74) is 1.37. The third kappa shape index (κ3) is 3.70. The Morgan fingerprint density at radius 2 is 1.74 bits per heavy atom. The van der Waals surface area contributed by atoms with Gasteiger partial charge in [-0.1, -0.05) is 12.1 Å². The number of para-hydroxylation sites is 2. The third-order valence-electron chi connectivity index (χ3n) is 3.19. The van der Waals surface area contributed by atoms with Crippen molar-refractivity contribution in [2.24, 2.45) is 0 Å². The molecule has 2 aromatic carbocycles. The molecule has 0 bridgehead atoms. The summed E-state index contributed by atoms with van der Waals surface area (Å²) in [5, 5.41) is 6.53. The van der Waals surface area contributed by atoms with E-state index in [2.05, 4.69) is 5.32 Å². The second kappa shape index (κ2) is 6.98. The molecule has 0 aliphatic heterocycles. The highest BCUT2D eigenvalue weighted by atomic mass is 32.1. The van der Waals surface area contributed by atoms with Crippen LogP contribution in [0.1, 0.15) is 10.4 Å². The molecule has 0 aliphatic carbocycles. The Bertz CT molecular complexity index is 782. The van der Waals surface area contributed by atoms with Crippen LogP contribution in [0, 0.1) is 0 Å². The number of thiophene rings is 1. The molecule has 1 aromatic heterocycles. The first kappa shape index (κ1) is 15.1. The van der Waals surface area contributed by atoms with Gasteiger partial charge in [-0.05, 0) is 47.8 Å². The van der Waals surface area contributed by atoms with E-state index in [0.717, 1.165) is 0 Å². The van der Waals surface area contributed by atoms with Crippen LogP contribution in [-0.4, -0.2) is 13.0 Å². The van der Waals surface area contributed by atoms with Gasteiger partial charge >= 0.3 is 0 Å². The predicted octanol–water partition coefficient (Wildman–Crippen LogP) is 4.80. The van der Waals surface area contributed by atoms with E-state index in [1.54, 1.807) is 37.4 Å². The maximum Gasteiger partial charge on any atom is 0.256 e. The van der Waals surface area contributed by atoms with Gasteiger partial charge in [-0.3, -0.25) is 4.79 Å². The average Bonchev–Trinajstić information content (AvgIpc) is 3.12. The van der Waals surface area contributed by atoms with Gasteiger partial charge in [0.25, 0.3) is 5.91 Å². The molecular formula is C18H15NO3S. The molecule has 4 nitrogen and oxygen atoms in total. The standard InChI is InChI=1S/C18H15NO3S/c1-21-16-4-2-3-5-17(16)22-15-8-6-14(7-9-15)19-18(20)13-10-11-23-12-13/h2-12H,1H3,(H,19,20). The molecule has 0 unspecified atom stereocenters. The van der Waals surface area contributed by atoms with Gasteiger partial charge in [0.1, 0.15) is 5.75 Å². The zero-order chi connectivity index (χ0) is 16.1. The van der Waals surface area contributed by atoms with Crippen molar-refractivity contribution in [1.29, 1.82) is 0 Å². The quantitative estimate of drug-likeness (QED) is 0.733. The lowest BCUT2D eigenvalue weighted by molar-refractivity contribution is 0.102. The predicted molar refractivity (Wildman–Crippen MR) is 91.8 cm³/mol. The molecule has 0 saturated carbocycles. The average molecular weight is 325 g/mol. The van der Waals surface area contributed by atoms with E-state index in [1.807, 2.05) is 35.0 Å². The fourth-order valence-electron chi connectivity index (χ4n) is 2.03. The smallest absolute Gasteiger partial charge is 0.256 e. The van der Waals surface area contributed by atoms with Crippen LogP contribution in [0.4, 0.5) is 5.69 Å². The second-order valence-corrected chi connectivity index (χ2v) is 5.52. The fraction of sp³-hybridized carbons (Fsp3) is 0.0556. The van der Waals surface area contributed by atoms with E-state index < -0.39 is 0 Å². The van der Waals surface area contributed by atoms with Crippen molar-refractivity contribution in [3.8, 4) is 17.2 Å². The van der Waals surface area contributed by atoms with Crippen molar-refractivity contribution in [2.45, 2.75) is 0 Å². The summed E-state index contributed by atoms with van der Waals surface area (Å²) in [4.78, 5) is 12.0. The Balaban J connectivity index is 1.68. The van der Waals surface area contributed by atoms with Gasteiger partial charge in [-0.2, -0.15) is 11.3 Å². The normalized spacial score (nSPS) is 10.1. The molecule has 0 spiro atoms. The topological polar surface area (TPSA) is 47.6 Å². The number of ether oxygens (including phenoxy) is 2. The lowest BCUT2D eigenvalue weighted by Gasteiger charge is -2.10. The molecule has 0 fully saturated rings. The summed E-state index contributed by atoms with van der Waals surface area (Å²) >= 11 is 1.49. The van der Waals surface area contributed by atoms with Crippen LogP contribution in [0.5, 0.6) is 17.2 Å². The van der Waals surface area contributed by atoms with E-state index in [4.69, 9.17) is 9.47 Å². The van der Waals surface area contributed by atoms with Crippen molar-refractivity contribution in [3.05, 3.63) is 70.9 Å². The minimum absolute atomic E-state index is 0.121. The van der Waals surface area contributed by atoms with Crippen LogP contribution >= 0.6 is 11.3 Å². The Hall–Kier alpha value is -2.79. The molecule has 1 amide bonds. The Kier molecular flexibility index (Phi) is 4.59. The third-order valence-corrected chi connectivity index (χ3v) is 3.88. The highest BCUT2D eigenvalue weighted by Gasteiger charge is 2.07. The number of hydrogen-bond donors (Lipinski definition) is 1. The summed E-state index contributed by atoms with van der Waals surface area (Å²) in [7, 11) is 1.60. The first-order valence-electron chi connectivity index (χ1n) is 7.01. The van der Waals surface area contributed by atoms with Crippen LogP contribution < -0.4 is 14.8 Å². The van der Waals surface area contributed by atoms with Gasteiger partial charge in [0.2, 0.25) is 0 Å². The summed E-state index contributed by atoms with van der Waals surface area (Å²) in [6.07, 6.45) is 0. The summed E-state index contributed by atoms with van der Waals surface area (Å²) < 4.78 is 11.1. The molecule has 116 valence electrons. The number of anilines is 1. The molecule has 3 rings (SSSR count). The van der Waals surface area contributed by atoms with Gasteiger partial charge in [0, 0.05) is 11.1 Å². The number of benzene rings is 2. The van der Waals surface area contributed by atoms with Crippen LogP contribution in [0.2, 0.25) is 0 Å². The maximum absolute atomic E-state index is 12.0. The monoisotopic (exact) mass is 325 g/mol. The molecule has 0 atom stereocenters. The van der Waals surface area contributed by atoms with Gasteiger partial charge < -0.3 is 14.8 Å². The zero-order valence-corrected chi connectivity index (χ0v) is 13.3. The molecule has 1 heterocycles. The maximum atomic E-state index is 12.0. The van der Waals surface area contributed by atoms with E-state index in [1.165, 1.54) is 11.3 Å². The number of methoxy groups -OCH3 is 1. The molecular weight excluding hydrogens is 310 g/mol. The van der Waals surface area contributed by atoms with Crippen molar-refractivity contribution < 1.29 is 14.3 Å². The van der Waals surface area contributed by atoms with Gasteiger partial charge in [0.05, 0.1) is 12.7 Å². The first-order chi connectivity index (χ1) is 11.3. The van der Waals surface area contributed by atoms with Crippen molar-refractivity contribution >= 4 is 22.9 Å². The molecule has 0 radical (unpaired) electrons. The minimum Gasteiger partial charge on any atom is -0.493 e. The van der Waals surface area contributed by atoms with Crippen molar-refractivity contribution in [1.82, 2.24) is 0 Å². The number of nitrogens with one attached hydrogen (secondary N) is 1. The van der Waals surface area contributed by atoms with Crippen molar-refractivity contribution in [3.63, 3.8) is 0 Å². The highest BCUT2D eigenvalue weighted by molar-refractivity contribution is 7.08. The van der Waals surface area contributed by atoms with Crippen LogP contribution in [0.25, 0.3) is 0 Å². The Morgan fingerprint density at radius 1 is 1.00 bits per heavy atom. The summed E-state index contributed by atoms with van der Waals surface area (Å²) in [5.74, 6) is 1.86. The second-order valence-electron chi connectivity index (χ2n) is 4.74. The number of hydrogen-bond acceptors (Lipinski definition) is 4. The molecule has 3 aromatic rings. The molecule has 0 saturated heterocycles. The number of amides is 1. The largest absolute Gasteiger partial charge is 0.493 e. The highest BCUT2D eigenvalue weighted by Crippen LogP contribution is 2.31. The van der Waals surface area contributed by atoms with E-state index in [9.17, 15) is 4.79 Å². The SMILES string of the molecule is COc1ccccc1Oc1ccc(NC(=O)c2ccsc2)cc1. The van der Waals surface area contributed by atoms with Crippen molar-refractivity contribution in [2.75, 3.05) is 12.4 Å². The number of carbonyl (C=O) groups is 1. The number of carbonyl (C=O) groups excluding carboxylic acids is 1. The van der Waals surface area contributed by atoms with Crippen LogP contribution in [0.3, 0.4) is 0 Å². The molecule has 23 heavy (non-hydrogen) atoms. The summed E-state index contributed by atoms with van der Waals surface area (Å²) in [6.45, 7) is 0. The lowest BCUT2D eigenvalue weighted by atomic mass is 10.2. The van der Waals surface area contributed by atoms with Crippen LogP contribution in [-0.2, 0) is 0 Å². The van der Waals surface area contributed by atoms with Gasteiger partial charge in [0.15, 0.2) is 11.5 Å². The Morgan fingerprint density at radius 3 is 2.39 bits per heavy atom. The van der Waals surface area contributed by atoms with E-state index >= 15 is 0 Å². The first-order valence-corrected chi connectivity index (χ1v) is 7.95. The number of rotatable bonds is 5. The zero-order valence-electron chi connectivity index (χ0n) is 12.5. The van der Waals surface area contributed by atoms with Crippen LogP contribution in [0.15, 0.2) is 65.4 Å². The van der Waals surface area contributed by atoms with E-state index in [-0.39, 0.29) is 5.91 Å².